The Morgan fingerprint density at radius 1 is 1.30 bits per heavy atom. The van der Waals surface area contributed by atoms with E-state index in [1.54, 1.807) is 11.8 Å². The average molecular weight is 288 g/mol. The maximum atomic E-state index is 5.62. The van der Waals surface area contributed by atoms with E-state index < -0.39 is 0 Å². The van der Waals surface area contributed by atoms with Crippen LogP contribution in [0.25, 0.3) is 0 Å². The fraction of sp³-hybridized carbons (Fsp3) is 0.438. The average Bonchev–Trinajstić information content (AvgIpc) is 3.16. The van der Waals surface area contributed by atoms with E-state index in [-0.39, 0.29) is 0 Å². The van der Waals surface area contributed by atoms with E-state index in [1.807, 2.05) is 13.8 Å². The second kappa shape index (κ2) is 5.62. The minimum Gasteiger partial charge on any atom is -0.436 e. The van der Waals surface area contributed by atoms with Crippen LogP contribution >= 0.6 is 11.8 Å². The Balaban J connectivity index is 1.68. The maximum absolute atomic E-state index is 5.62. The van der Waals surface area contributed by atoms with Crippen molar-refractivity contribution in [2.45, 2.75) is 56.3 Å². The lowest BCUT2D eigenvalue weighted by atomic mass is 10.1. The van der Waals surface area contributed by atoms with Gasteiger partial charge in [-0.05, 0) is 68.6 Å². The van der Waals surface area contributed by atoms with Gasteiger partial charge in [-0.25, -0.2) is 4.98 Å². The molecule has 0 atom stereocenters. The number of benzene rings is 1. The van der Waals surface area contributed by atoms with Gasteiger partial charge >= 0.3 is 0 Å². The van der Waals surface area contributed by atoms with Crippen LogP contribution in [0, 0.1) is 20.8 Å². The third-order valence-electron chi connectivity index (χ3n) is 3.69. The lowest BCUT2D eigenvalue weighted by molar-refractivity contribution is 0.431. The van der Waals surface area contributed by atoms with Crippen LogP contribution in [-0.2, 0) is 6.54 Å². The summed E-state index contributed by atoms with van der Waals surface area (Å²) < 4.78 is 5.62. The van der Waals surface area contributed by atoms with Gasteiger partial charge in [-0.1, -0.05) is 6.07 Å². The van der Waals surface area contributed by atoms with Gasteiger partial charge in [0.25, 0.3) is 5.22 Å². The van der Waals surface area contributed by atoms with Crippen LogP contribution in [0.4, 0.5) is 0 Å². The molecule has 0 bridgehead atoms. The first-order valence-corrected chi connectivity index (χ1v) is 7.88. The van der Waals surface area contributed by atoms with Crippen molar-refractivity contribution < 1.29 is 4.42 Å². The highest BCUT2D eigenvalue weighted by Crippen LogP contribution is 2.30. The standard InChI is InChI=1S/C16H20N2OS/c1-10-8-15(20-16-18-11(2)12(3)19-16)7-4-13(10)9-17-14-5-6-14/h4,7-8,14,17H,5-6,9H2,1-3H3. The van der Waals surface area contributed by atoms with Crippen molar-refractivity contribution in [1.29, 1.82) is 0 Å². The van der Waals surface area contributed by atoms with Crippen LogP contribution in [0.2, 0.25) is 0 Å². The monoisotopic (exact) mass is 288 g/mol. The van der Waals surface area contributed by atoms with E-state index in [0.29, 0.717) is 0 Å². The number of nitrogens with one attached hydrogen (secondary N) is 1. The van der Waals surface area contributed by atoms with Crippen molar-refractivity contribution >= 4 is 11.8 Å². The summed E-state index contributed by atoms with van der Waals surface area (Å²) in [6.07, 6.45) is 2.66. The molecule has 1 heterocycles. The normalized spacial score (nSPS) is 14.8. The molecule has 1 aliphatic carbocycles. The molecule has 20 heavy (non-hydrogen) atoms. The van der Waals surface area contributed by atoms with E-state index >= 15 is 0 Å². The van der Waals surface area contributed by atoms with Gasteiger partial charge in [0.15, 0.2) is 0 Å². The summed E-state index contributed by atoms with van der Waals surface area (Å²) >= 11 is 1.58. The van der Waals surface area contributed by atoms with Crippen molar-refractivity contribution in [3.63, 3.8) is 0 Å². The molecule has 0 aliphatic heterocycles. The molecule has 0 saturated heterocycles. The fourth-order valence-corrected chi connectivity index (χ4v) is 2.98. The number of nitrogens with zero attached hydrogens (tertiary/aromatic N) is 1. The van der Waals surface area contributed by atoms with E-state index in [1.165, 1.54) is 28.9 Å². The predicted molar refractivity (Wildman–Crippen MR) is 81.1 cm³/mol. The number of hydrogen-bond donors (Lipinski definition) is 1. The van der Waals surface area contributed by atoms with Gasteiger partial charge in [0.2, 0.25) is 0 Å². The molecule has 3 nitrogen and oxygen atoms in total. The molecular formula is C16H20N2OS. The molecule has 0 spiro atoms. The number of aromatic nitrogens is 1. The van der Waals surface area contributed by atoms with Gasteiger partial charge in [0.05, 0.1) is 5.69 Å². The molecule has 1 fully saturated rings. The smallest absolute Gasteiger partial charge is 0.260 e. The van der Waals surface area contributed by atoms with E-state index in [2.05, 4.69) is 35.4 Å². The van der Waals surface area contributed by atoms with Crippen LogP contribution < -0.4 is 5.32 Å². The summed E-state index contributed by atoms with van der Waals surface area (Å²) in [5.41, 5.74) is 3.67. The summed E-state index contributed by atoms with van der Waals surface area (Å²) in [5, 5.41) is 4.28. The Kier molecular flexibility index (Phi) is 3.85. The van der Waals surface area contributed by atoms with E-state index in [0.717, 1.165) is 29.3 Å². The van der Waals surface area contributed by atoms with Crippen molar-refractivity contribution in [3.8, 4) is 0 Å². The highest BCUT2D eigenvalue weighted by molar-refractivity contribution is 7.99. The summed E-state index contributed by atoms with van der Waals surface area (Å²) in [6.45, 7) is 7.06. The Labute approximate surface area is 124 Å². The fourth-order valence-electron chi connectivity index (χ4n) is 2.06. The summed E-state index contributed by atoms with van der Waals surface area (Å²) in [6, 6.07) is 7.32. The quantitative estimate of drug-likeness (QED) is 0.902. The van der Waals surface area contributed by atoms with Crippen molar-refractivity contribution in [2.75, 3.05) is 0 Å². The first-order valence-electron chi connectivity index (χ1n) is 7.06. The largest absolute Gasteiger partial charge is 0.436 e. The zero-order chi connectivity index (χ0) is 14.1. The van der Waals surface area contributed by atoms with Crippen LogP contribution in [0.1, 0.15) is 35.4 Å². The molecule has 1 saturated carbocycles. The molecule has 1 aromatic carbocycles. The van der Waals surface area contributed by atoms with Gasteiger partial charge < -0.3 is 9.73 Å². The van der Waals surface area contributed by atoms with Gasteiger partial charge in [-0.3, -0.25) is 0 Å². The Morgan fingerprint density at radius 3 is 2.70 bits per heavy atom. The number of aryl methyl sites for hydroxylation is 3. The van der Waals surface area contributed by atoms with E-state index in [9.17, 15) is 0 Å². The topological polar surface area (TPSA) is 38.1 Å². The third kappa shape index (κ3) is 3.25. The number of hydrogen-bond acceptors (Lipinski definition) is 4. The Morgan fingerprint density at radius 2 is 2.10 bits per heavy atom. The predicted octanol–water partition coefficient (Wildman–Crippen LogP) is 4.00. The zero-order valence-electron chi connectivity index (χ0n) is 12.2. The number of oxazole rings is 1. The lowest BCUT2D eigenvalue weighted by Gasteiger charge is -2.08. The van der Waals surface area contributed by atoms with Gasteiger partial charge in [0, 0.05) is 17.5 Å². The second-order valence-corrected chi connectivity index (χ2v) is 6.49. The molecule has 0 unspecified atom stereocenters. The first kappa shape index (κ1) is 13.7. The van der Waals surface area contributed by atoms with Gasteiger partial charge in [-0.2, -0.15) is 0 Å². The maximum Gasteiger partial charge on any atom is 0.260 e. The molecule has 1 aromatic heterocycles. The van der Waals surface area contributed by atoms with Crippen molar-refractivity contribution in [1.82, 2.24) is 10.3 Å². The molecule has 0 radical (unpaired) electrons. The second-order valence-electron chi connectivity index (χ2n) is 5.47. The van der Waals surface area contributed by atoms with Crippen LogP contribution in [0.5, 0.6) is 0 Å². The summed E-state index contributed by atoms with van der Waals surface area (Å²) in [5.74, 6) is 0.898. The summed E-state index contributed by atoms with van der Waals surface area (Å²) in [4.78, 5) is 5.59. The Hall–Kier alpha value is -1.26. The molecule has 4 heteroatoms. The molecule has 3 rings (SSSR count). The van der Waals surface area contributed by atoms with Crippen molar-refractivity contribution in [3.05, 3.63) is 40.8 Å². The molecule has 106 valence electrons. The third-order valence-corrected chi connectivity index (χ3v) is 4.53. The minimum atomic E-state index is 0.725. The lowest BCUT2D eigenvalue weighted by Crippen LogP contribution is -2.15. The molecule has 2 aromatic rings. The molecule has 0 amide bonds. The van der Waals surface area contributed by atoms with Crippen LogP contribution in [0.3, 0.4) is 0 Å². The van der Waals surface area contributed by atoms with Crippen molar-refractivity contribution in [2.24, 2.45) is 0 Å². The van der Waals surface area contributed by atoms with E-state index in [4.69, 9.17) is 4.42 Å². The highest BCUT2D eigenvalue weighted by Gasteiger charge is 2.20. The van der Waals surface area contributed by atoms with Gasteiger partial charge in [0.1, 0.15) is 5.76 Å². The summed E-state index contributed by atoms with van der Waals surface area (Å²) in [7, 11) is 0. The highest BCUT2D eigenvalue weighted by atomic mass is 32.2. The first-order chi connectivity index (χ1) is 9.61. The zero-order valence-corrected chi connectivity index (χ0v) is 13.0. The molecule has 1 N–H and O–H groups in total. The van der Waals surface area contributed by atoms with Crippen LogP contribution in [-0.4, -0.2) is 11.0 Å². The van der Waals surface area contributed by atoms with Crippen LogP contribution in [0.15, 0.2) is 32.7 Å². The number of rotatable bonds is 5. The molecule has 1 aliphatic rings. The minimum absolute atomic E-state index is 0.725. The molecular weight excluding hydrogens is 268 g/mol. The Bertz CT molecular complexity index is 597. The van der Waals surface area contributed by atoms with Gasteiger partial charge in [-0.15, -0.1) is 0 Å². The SMILES string of the molecule is Cc1cc(Sc2nc(C)c(C)o2)ccc1CNC1CC1.